The van der Waals surface area contributed by atoms with Crippen LogP contribution in [0.2, 0.25) is 0 Å². The standard InChI is InChI=1S/C14H28N2O3/c1-3-19-9-8-14(6-4-5-7-14)11-15-13(18)16-12(2)10-17/h12,17H,3-11H2,1-2H3,(H2,15,16,18)/t12-/m0/s1. The van der Waals surface area contributed by atoms with Gasteiger partial charge < -0.3 is 20.5 Å². The Hall–Kier alpha value is -0.810. The number of carbonyl (C=O) groups excluding carboxylic acids is 1. The molecule has 1 fully saturated rings. The predicted octanol–water partition coefficient (Wildman–Crippen LogP) is 1.65. The SMILES string of the molecule is CCOCCC1(CNC(=O)N[C@@H](C)CO)CCCC1. The van der Waals surface area contributed by atoms with Gasteiger partial charge in [0, 0.05) is 19.8 Å². The number of urea groups is 1. The van der Waals surface area contributed by atoms with Crippen molar-refractivity contribution in [1.29, 1.82) is 0 Å². The van der Waals surface area contributed by atoms with Crippen molar-refractivity contribution in [3.63, 3.8) is 0 Å². The van der Waals surface area contributed by atoms with E-state index < -0.39 is 0 Å². The highest BCUT2D eigenvalue weighted by molar-refractivity contribution is 5.74. The summed E-state index contributed by atoms with van der Waals surface area (Å²) in [5, 5.41) is 14.5. The van der Waals surface area contributed by atoms with Crippen molar-refractivity contribution in [3.05, 3.63) is 0 Å². The van der Waals surface area contributed by atoms with Gasteiger partial charge >= 0.3 is 6.03 Å². The van der Waals surface area contributed by atoms with Crippen molar-refractivity contribution in [2.45, 2.75) is 52.0 Å². The Morgan fingerprint density at radius 2 is 2.11 bits per heavy atom. The number of carbonyl (C=O) groups is 1. The van der Waals surface area contributed by atoms with E-state index in [1.807, 2.05) is 6.92 Å². The maximum atomic E-state index is 11.7. The van der Waals surface area contributed by atoms with Crippen LogP contribution in [0, 0.1) is 5.41 Å². The van der Waals surface area contributed by atoms with Gasteiger partial charge in [0.2, 0.25) is 0 Å². The van der Waals surface area contributed by atoms with Gasteiger partial charge in [-0.2, -0.15) is 0 Å². The highest BCUT2D eigenvalue weighted by atomic mass is 16.5. The van der Waals surface area contributed by atoms with Crippen LogP contribution >= 0.6 is 0 Å². The second kappa shape index (κ2) is 8.38. The molecule has 2 amide bonds. The summed E-state index contributed by atoms with van der Waals surface area (Å²) in [6, 6.07) is -0.396. The molecule has 1 rings (SSSR count). The van der Waals surface area contributed by atoms with E-state index in [4.69, 9.17) is 9.84 Å². The first-order chi connectivity index (χ1) is 9.12. The molecule has 19 heavy (non-hydrogen) atoms. The fourth-order valence-electron chi connectivity index (χ4n) is 2.66. The maximum absolute atomic E-state index is 11.7. The fraction of sp³-hybridized carbons (Fsp3) is 0.929. The molecule has 1 saturated carbocycles. The smallest absolute Gasteiger partial charge is 0.315 e. The Balaban J connectivity index is 2.34. The molecule has 0 aromatic heterocycles. The van der Waals surface area contributed by atoms with Gasteiger partial charge in [-0.1, -0.05) is 12.8 Å². The van der Waals surface area contributed by atoms with Crippen LogP contribution in [0.3, 0.4) is 0 Å². The lowest BCUT2D eigenvalue weighted by molar-refractivity contribution is 0.103. The van der Waals surface area contributed by atoms with Gasteiger partial charge in [-0.05, 0) is 38.5 Å². The average Bonchev–Trinajstić information content (AvgIpc) is 2.86. The number of nitrogens with one attached hydrogen (secondary N) is 2. The van der Waals surface area contributed by atoms with E-state index in [1.165, 1.54) is 12.8 Å². The quantitative estimate of drug-likeness (QED) is 0.588. The average molecular weight is 272 g/mol. The highest BCUT2D eigenvalue weighted by Crippen LogP contribution is 2.40. The molecule has 5 nitrogen and oxygen atoms in total. The van der Waals surface area contributed by atoms with Crippen molar-refractivity contribution >= 4 is 6.03 Å². The van der Waals surface area contributed by atoms with Crippen LogP contribution in [0.25, 0.3) is 0 Å². The van der Waals surface area contributed by atoms with Crippen molar-refractivity contribution < 1.29 is 14.6 Å². The van der Waals surface area contributed by atoms with Gasteiger partial charge in [-0.3, -0.25) is 0 Å². The van der Waals surface area contributed by atoms with Crippen LogP contribution in [-0.4, -0.2) is 43.5 Å². The number of hydrogen-bond acceptors (Lipinski definition) is 3. The number of amides is 2. The summed E-state index contributed by atoms with van der Waals surface area (Å²) in [6.07, 6.45) is 5.81. The lowest BCUT2D eigenvalue weighted by atomic mass is 9.83. The molecule has 0 aliphatic heterocycles. The zero-order valence-corrected chi connectivity index (χ0v) is 12.2. The third-order valence-electron chi connectivity index (χ3n) is 3.92. The minimum absolute atomic E-state index is 0.0388. The molecule has 0 aromatic carbocycles. The number of aliphatic hydroxyl groups excluding tert-OH is 1. The summed E-state index contributed by atoms with van der Waals surface area (Å²) in [6.45, 7) is 5.96. The van der Waals surface area contributed by atoms with Crippen molar-refractivity contribution in [2.24, 2.45) is 5.41 Å². The van der Waals surface area contributed by atoms with Crippen molar-refractivity contribution in [2.75, 3.05) is 26.4 Å². The van der Waals surface area contributed by atoms with Gasteiger partial charge in [-0.25, -0.2) is 4.79 Å². The van der Waals surface area contributed by atoms with Gasteiger partial charge in [0.15, 0.2) is 0 Å². The van der Waals surface area contributed by atoms with E-state index in [2.05, 4.69) is 10.6 Å². The molecule has 0 unspecified atom stereocenters. The van der Waals surface area contributed by atoms with Gasteiger partial charge in [0.1, 0.15) is 0 Å². The molecule has 0 spiro atoms. The monoisotopic (exact) mass is 272 g/mol. The van der Waals surface area contributed by atoms with Crippen LogP contribution in [-0.2, 0) is 4.74 Å². The predicted molar refractivity (Wildman–Crippen MR) is 75.1 cm³/mol. The molecule has 0 saturated heterocycles. The van der Waals surface area contributed by atoms with Gasteiger partial charge in [0.25, 0.3) is 0 Å². The van der Waals surface area contributed by atoms with Crippen molar-refractivity contribution in [3.8, 4) is 0 Å². The Bertz CT molecular complexity index is 265. The number of hydrogen-bond donors (Lipinski definition) is 3. The molecule has 3 N–H and O–H groups in total. The van der Waals surface area contributed by atoms with E-state index in [0.717, 1.165) is 32.5 Å². The van der Waals surface area contributed by atoms with E-state index in [1.54, 1.807) is 6.92 Å². The molecule has 112 valence electrons. The zero-order valence-electron chi connectivity index (χ0n) is 12.2. The number of rotatable bonds is 8. The van der Waals surface area contributed by atoms with Crippen LogP contribution in [0.5, 0.6) is 0 Å². The summed E-state index contributed by atoms with van der Waals surface area (Å²) in [5.74, 6) is 0. The van der Waals surface area contributed by atoms with Gasteiger partial charge in [0.05, 0.1) is 12.6 Å². The Morgan fingerprint density at radius 3 is 2.68 bits per heavy atom. The zero-order chi connectivity index (χ0) is 14.1. The first kappa shape index (κ1) is 16.2. The minimum Gasteiger partial charge on any atom is -0.394 e. The summed E-state index contributed by atoms with van der Waals surface area (Å²) in [7, 11) is 0. The van der Waals surface area contributed by atoms with E-state index >= 15 is 0 Å². The second-order valence-electron chi connectivity index (χ2n) is 5.56. The third-order valence-corrected chi connectivity index (χ3v) is 3.92. The largest absolute Gasteiger partial charge is 0.394 e. The first-order valence-corrected chi connectivity index (χ1v) is 7.35. The van der Waals surface area contributed by atoms with Crippen LogP contribution in [0.15, 0.2) is 0 Å². The lowest BCUT2D eigenvalue weighted by Crippen LogP contribution is -2.46. The molecule has 5 heteroatoms. The normalized spacial score (nSPS) is 19.1. The molecule has 0 bridgehead atoms. The van der Waals surface area contributed by atoms with Crippen LogP contribution in [0.1, 0.15) is 46.0 Å². The van der Waals surface area contributed by atoms with Crippen molar-refractivity contribution in [1.82, 2.24) is 10.6 Å². The maximum Gasteiger partial charge on any atom is 0.315 e. The van der Waals surface area contributed by atoms with Gasteiger partial charge in [-0.15, -0.1) is 0 Å². The van der Waals surface area contributed by atoms with E-state index in [9.17, 15) is 4.79 Å². The summed E-state index contributed by atoms with van der Waals surface area (Å²) in [5.41, 5.74) is 0.203. The Kier molecular flexibility index (Phi) is 7.16. The summed E-state index contributed by atoms with van der Waals surface area (Å²) < 4.78 is 5.45. The topological polar surface area (TPSA) is 70.6 Å². The molecule has 1 atom stereocenters. The van der Waals surface area contributed by atoms with Crippen LogP contribution < -0.4 is 10.6 Å². The van der Waals surface area contributed by atoms with E-state index in [0.29, 0.717) is 6.54 Å². The summed E-state index contributed by atoms with van der Waals surface area (Å²) >= 11 is 0. The second-order valence-corrected chi connectivity index (χ2v) is 5.56. The van der Waals surface area contributed by atoms with E-state index in [-0.39, 0.29) is 24.1 Å². The molecule has 0 radical (unpaired) electrons. The highest BCUT2D eigenvalue weighted by Gasteiger charge is 2.33. The molecular weight excluding hydrogens is 244 g/mol. The number of aliphatic hydroxyl groups is 1. The fourth-order valence-corrected chi connectivity index (χ4v) is 2.66. The lowest BCUT2D eigenvalue weighted by Gasteiger charge is -2.29. The Labute approximate surface area is 116 Å². The summed E-state index contributed by atoms with van der Waals surface area (Å²) in [4.78, 5) is 11.7. The molecule has 0 heterocycles. The third kappa shape index (κ3) is 5.78. The number of ether oxygens (including phenoxy) is 1. The molecule has 0 aromatic rings. The minimum atomic E-state index is -0.206. The molecule has 1 aliphatic rings. The first-order valence-electron chi connectivity index (χ1n) is 7.35. The Morgan fingerprint density at radius 1 is 1.42 bits per heavy atom. The van der Waals surface area contributed by atoms with Crippen LogP contribution in [0.4, 0.5) is 4.79 Å². The molecule has 1 aliphatic carbocycles. The molecular formula is C14H28N2O3.